The summed E-state index contributed by atoms with van der Waals surface area (Å²) in [4.78, 5) is 27.8. The molecule has 11 nitrogen and oxygen atoms in total. The van der Waals surface area contributed by atoms with Crippen LogP contribution in [0, 0.1) is 13.8 Å². The van der Waals surface area contributed by atoms with E-state index in [1.165, 1.54) is 36.3 Å². The molecule has 1 heterocycles. The molecule has 4 rings (SSSR count). The number of rotatable bonds is 10. The molecular weight excluding hydrogens is 633 g/mol. The van der Waals surface area contributed by atoms with E-state index in [1.54, 1.807) is 25.5 Å². The van der Waals surface area contributed by atoms with Crippen LogP contribution in [-0.4, -0.2) is 85.8 Å². The Kier molecular flexibility index (Phi) is 12.6. The Morgan fingerprint density at radius 1 is 1.17 bits per heavy atom. The molecular formula is C32H37F3N8O3S. The fourth-order valence-electron chi connectivity index (χ4n) is 4.60. The minimum Gasteiger partial charge on any atom is -0.497 e. The van der Waals surface area contributed by atoms with Crippen LogP contribution in [0.25, 0.3) is 0 Å². The fraction of sp³-hybridized carbons (Fsp3) is 0.344. The zero-order valence-electron chi connectivity index (χ0n) is 26.3. The van der Waals surface area contributed by atoms with Gasteiger partial charge in [-0.2, -0.15) is 5.10 Å². The molecule has 1 atom stereocenters. The predicted molar refractivity (Wildman–Crippen MR) is 181 cm³/mol. The van der Waals surface area contributed by atoms with Crippen molar-refractivity contribution in [2.24, 2.45) is 25.8 Å². The van der Waals surface area contributed by atoms with E-state index in [1.807, 2.05) is 43.0 Å². The monoisotopic (exact) mass is 670 g/mol. The Morgan fingerprint density at radius 3 is 2.49 bits per heavy atom. The lowest BCUT2D eigenvalue weighted by atomic mass is 10.1. The highest BCUT2D eigenvalue weighted by atomic mass is 32.2. The Morgan fingerprint density at radius 2 is 1.87 bits per heavy atom. The highest BCUT2D eigenvalue weighted by molar-refractivity contribution is 8.14. The molecule has 1 fully saturated rings. The summed E-state index contributed by atoms with van der Waals surface area (Å²) in [5, 5.41) is 8.09. The van der Waals surface area contributed by atoms with Gasteiger partial charge in [-0.3, -0.25) is 15.2 Å². The highest BCUT2D eigenvalue weighted by Crippen LogP contribution is 2.30. The van der Waals surface area contributed by atoms with Gasteiger partial charge in [0.1, 0.15) is 23.7 Å². The smallest absolute Gasteiger partial charge is 0.497 e. The van der Waals surface area contributed by atoms with Crippen LogP contribution in [0.5, 0.6) is 5.75 Å². The topological polar surface area (TPSA) is 138 Å². The Bertz CT molecular complexity index is 1560. The lowest BCUT2D eigenvalue weighted by Crippen LogP contribution is -2.47. The van der Waals surface area contributed by atoms with E-state index in [0.29, 0.717) is 23.8 Å². The summed E-state index contributed by atoms with van der Waals surface area (Å²) in [7, 11) is 1.62. The number of thioether (sulfide) groups is 1. The number of hydrogen-bond donors (Lipinski definition) is 3. The van der Waals surface area contributed by atoms with Gasteiger partial charge >= 0.3 is 6.36 Å². The van der Waals surface area contributed by atoms with E-state index >= 15 is 0 Å². The number of nitrogens with zero attached hydrogens (tertiary/aromatic N) is 5. The van der Waals surface area contributed by atoms with Crippen molar-refractivity contribution in [3.63, 3.8) is 0 Å². The summed E-state index contributed by atoms with van der Waals surface area (Å²) in [6.45, 7) is 6.80. The molecule has 1 aliphatic carbocycles. The van der Waals surface area contributed by atoms with E-state index < -0.39 is 6.36 Å². The lowest BCUT2D eigenvalue weighted by molar-refractivity contribution is -0.303. The zero-order chi connectivity index (χ0) is 33.8. The van der Waals surface area contributed by atoms with Gasteiger partial charge in [0.05, 0.1) is 30.8 Å². The van der Waals surface area contributed by atoms with Gasteiger partial charge < -0.3 is 25.4 Å². The number of carbonyl (C=O) groups is 1. The summed E-state index contributed by atoms with van der Waals surface area (Å²) in [5.41, 5.74) is 13.1. The fourth-order valence-corrected chi connectivity index (χ4v) is 5.32. The molecule has 1 unspecified atom stereocenters. The maximum atomic E-state index is 12.8. The average Bonchev–Trinajstić information content (AvgIpc) is 3.05. The number of hydrazone groups is 1. The molecule has 2 aromatic rings. The van der Waals surface area contributed by atoms with Gasteiger partial charge in [0.25, 0.3) is 0 Å². The number of alkyl halides is 3. The number of halogens is 3. The molecule has 0 spiro atoms. The van der Waals surface area contributed by atoms with Gasteiger partial charge in [0.2, 0.25) is 5.91 Å². The summed E-state index contributed by atoms with van der Waals surface area (Å²) >= 11 is 1.29. The van der Waals surface area contributed by atoms with Crippen molar-refractivity contribution in [1.29, 1.82) is 0 Å². The van der Waals surface area contributed by atoms with E-state index in [-0.39, 0.29) is 35.7 Å². The van der Waals surface area contributed by atoms with Crippen LogP contribution in [0.3, 0.4) is 0 Å². The summed E-state index contributed by atoms with van der Waals surface area (Å²) in [6.07, 6.45) is 2.46. The van der Waals surface area contributed by atoms with Gasteiger partial charge in [-0.05, 0) is 61.2 Å². The minimum atomic E-state index is -4.73. The number of aryl methyl sites for hydroxylation is 2. The molecule has 2 aromatic carbocycles. The molecule has 0 aromatic heterocycles. The first-order valence-electron chi connectivity index (χ1n) is 14.7. The van der Waals surface area contributed by atoms with E-state index in [4.69, 9.17) is 15.5 Å². The van der Waals surface area contributed by atoms with Crippen LogP contribution in [0.15, 0.2) is 80.5 Å². The first kappa shape index (κ1) is 35.2. The third-order valence-corrected chi connectivity index (χ3v) is 7.87. The predicted octanol–water partition coefficient (Wildman–Crippen LogP) is 4.57. The van der Waals surface area contributed by atoms with E-state index in [2.05, 4.69) is 30.6 Å². The van der Waals surface area contributed by atoms with Crippen molar-refractivity contribution in [3.05, 3.63) is 82.6 Å². The Labute approximate surface area is 275 Å². The second-order valence-corrected chi connectivity index (χ2v) is 11.5. The maximum Gasteiger partial charge on any atom is 0.573 e. The van der Waals surface area contributed by atoms with Crippen LogP contribution in [0.1, 0.15) is 28.7 Å². The first-order valence-corrected chi connectivity index (χ1v) is 15.7. The van der Waals surface area contributed by atoms with Crippen molar-refractivity contribution in [1.82, 2.24) is 15.6 Å². The number of benzene rings is 2. The second kappa shape index (κ2) is 16.8. The van der Waals surface area contributed by atoms with Crippen LogP contribution in [0.2, 0.25) is 0 Å². The largest absolute Gasteiger partial charge is 0.573 e. The number of amidine groups is 2. The number of amides is 1. The number of allylic oxidation sites excluding steroid dienone is 1. The number of ether oxygens (including phenoxy) is 2. The van der Waals surface area contributed by atoms with Gasteiger partial charge in [0.15, 0.2) is 5.17 Å². The van der Waals surface area contributed by atoms with Gasteiger partial charge in [-0.15, -0.1) is 13.2 Å². The minimum absolute atomic E-state index is 0.0368. The molecule has 47 heavy (non-hydrogen) atoms. The van der Waals surface area contributed by atoms with E-state index in [0.717, 1.165) is 41.2 Å². The van der Waals surface area contributed by atoms with Gasteiger partial charge in [0, 0.05) is 31.7 Å². The van der Waals surface area contributed by atoms with Crippen molar-refractivity contribution in [2.75, 3.05) is 39.0 Å². The molecule has 1 aliphatic heterocycles. The molecule has 0 radical (unpaired) electrons. The maximum absolute atomic E-state index is 12.8. The normalized spacial score (nSPS) is 17.7. The van der Waals surface area contributed by atoms with Crippen LogP contribution in [-0.2, 0) is 9.53 Å². The molecule has 1 saturated heterocycles. The summed E-state index contributed by atoms with van der Waals surface area (Å²) < 4.78 is 46.3. The Balaban J connectivity index is 1.38. The number of methoxy groups -OCH3 is 1. The van der Waals surface area contributed by atoms with Crippen molar-refractivity contribution in [3.8, 4) is 5.75 Å². The number of carbonyl (C=O) groups excluding carboxylic acids is 1. The molecule has 250 valence electrons. The summed E-state index contributed by atoms with van der Waals surface area (Å²) in [5.74, 6) is 0.946. The number of piperazine rings is 1. The van der Waals surface area contributed by atoms with Crippen molar-refractivity contribution in [2.45, 2.75) is 32.7 Å². The second-order valence-electron chi connectivity index (χ2n) is 10.5. The van der Waals surface area contributed by atoms with Crippen molar-refractivity contribution < 1.29 is 27.4 Å². The highest BCUT2D eigenvalue weighted by Gasteiger charge is 2.32. The molecule has 1 amide bonds. The lowest BCUT2D eigenvalue weighted by Gasteiger charge is -2.27. The number of aliphatic imine (C=N–C) groups is 3. The average molecular weight is 671 g/mol. The Hall–Kier alpha value is -4.63. The molecule has 2 aliphatic rings. The third-order valence-electron chi connectivity index (χ3n) is 7.03. The molecule has 0 bridgehead atoms. The molecule has 4 N–H and O–H groups in total. The van der Waals surface area contributed by atoms with Gasteiger partial charge in [-0.1, -0.05) is 42.1 Å². The van der Waals surface area contributed by atoms with Gasteiger partial charge in [-0.25, -0.2) is 9.98 Å². The SMILES string of the molecule is COc1cc(C)c(N=C(N/N=C\c2ccc(C(N)=NC=NC3C=CC(OC(F)(F)F)=CC3)cc2)SCC(=O)N2CCNCC2)c(C)c1. The van der Waals surface area contributed by atoms with Crippen molar-refractivity contribution >= 4 is 46.9 Å². The van der Waals surface area contributed by atoms with Crippen LogP contribution < -0.4 is 21.2 Å². The molecule has 0 saturated carbocycles. The van der Waals surface area contributed by atoms with Crippen LogP contribution >= 0.6 is 11.8 Å². The summed E-state index contributed by atoms with van der Waals surface area (Å²) in [6, 6.07) is 10.6. The quantitative estimate of drug-likeness (QED) is 0.191. The number of nitrogens with two attached hydrogens (primary N) is 1. The molecule has 15 heteroatoms. The number of hydrogen-bond acceptors (Lipinski definition) is 8. The zero-order valence-corrected chi connectivity index (χ0v) is 27.1. The van der Waals surface area contributed by atoms with Crippen LogP contribution in [0.4, 0.5) is 18.9 Å². The third kappa shape index (κ3) is 11.3. The standard InChI is InChI=1S/C32H37F3N8O3S/c1-21-16-27(45-3)17-22(2)29(21)41-31(47-19-28(44)43-14-12-37-13-15-43)42-40-18-23-4-6-24(7-5-23)30(36)39-20-38-25-8-10-26(11-9-25)46-32(33,34)35/h4-8,10-11,16-18,20,25,37H,9,12-15,19H2,1-3H3,(H,41,42)(H2,36,38,39)/b40-18-. The first-order chi connectivity index (χ1) is 22.5. The van der Waals surface area contributed by atoms with E-state index in [9.17, 15) is 18.0 Å². The number of nitrogens with one attached hydrogen (secondary N) is 2.